The number of benzene rings is 1. The third kappa shape index (κ3) is 3.21. The van der Waals surface area contributed by atoms with Crippen molar-refractivity contribution in [1.82, 2.24) is 9.13 Å². The summed E-state index contributed by atoms with van der Waals surface area (Å²) in [4.78, 5) is 25.2. The van der Waals surface area contributed by atoms with Gasteiger partial charge in [0, 0.05) is 0 Å². The molecule has 0 aliphatic heterocycles. The number of hydrogen-bond acceptors (Lipinski definition) is 4. The van der Waals surface area contributed by atoms with Crippen molar-refractivity contribution < 1.29 is 28.2 Å². The minimum atomic E-state index is -0.633. The molecule has 0 unspecified atom stereocenters. The molecule has 2 heterocycles. The van der Waals surface area contributed by atoms with Gasteiger partial charge >= 0.3 is 24.0 Å². The van der Waals surface area contributed by atoms with Crippen LogP contribution in [0, 0.1) is 0 Å². The minimum absolute atomic E-state index is 0.135. The van der Waals surface area contributed by atoms with E-state index in [-0.39, 0.29) is 11.1 Å². The lowest BCUT2D eigenvalue weighted by atomic mass is 10.1. The van der Waals surface area contributed by atoms with Gasteiger partial charge in [-0.3, -0.25) is 0 Å². The molecule has 0 aliphatic carbocycles. The van der Waals surface area contributed by atoms with Gasteiger partial charge in [-0.15, -0.1) is 0 Å². The fourth-order valence-electron chi connectivity index (χ4n) is 2.56. The van der Waals surface area contributed by atoms with Gasteiger partial charge in [0.15, 0.2) is 0 Å². The van der Waals surface area contributed by atoms with E-state index in [9.17, 15) is 9.59 Å². The van der Waals surface area contributed by atoms with Crippen LogP contribution in [0.1, 0.15) is 20.7 Å². The number of imidazole rings is 2. The zero-order chi connectivity index (χ0) is 18.8. The second-order valence-electron chi connectivity index (χ2n) is 5.93. The number of hydrogen-bond donors (Lipinski definition) is 0. The van der Waals surface area contributed by atoms with Gasteiger partial charge in [0.2, 0.25) is 0 Å². The van der Waals surface area contributed by atoms with Crippen LogP contribution in [0.5, 0.6) is 12.0 Å². The van der Waals surface area contributed by atoms with Crippen LogP contribution in [0.25, 0.3) is 0 Å². The molecule has 0 bridgehead atoms. The van der Waals surface area contributed by atoms with Crippen molar-refractivity contribution in [2.75, 3.05) is 0 Å². The lowest BCUT2D eigenvalue weighted by Gasteiger charge is -2.07. The maximum absolute atomic E-state index is 12.6. The Morgan fingerprint density at radius 2 is 1.19 bits per heavy atom. The van der Waals surface area contributed by atoms with Crippen molar-refractivity contribution in [2.45, 2.75) is 0 Å². The van der Waals surface area contributed by atoms with Gasteiger partial charge in [-0.1, -0.05) is 12.1 Å². The second kappa shape index (κ2) is 6.83. The van der Waals surface area contributed by atoms with Crippen LogP contribution >= 0.6 is 0 Å². The molecule has 0 atom stereocenters. The van der Waals surface area contributed by atoms with Gasteiger partial charge in [0.1, 0.15) is 24.8 Å². The first kappa shape index (κ1) is 17.4. The largest absolute Gasteiger partial charge is 0.463 e. The summed E-state index contributed by atoms with van der Waals surface area (Å²) in [7, 11) is 7.05. The van der Waals surface area contributed by atoms with Crippen LogP contribution < -0.4 is 18.6 Å². The zero-order valence-electron chi connectivity index (χ0n) is 15.0. The Balaban J connectivity index is 1.88. The molecular weight excluding hydrogens is 336 g/mol. The summed E-state index contributed by atoms with van der Waals surface area (Å²) in [5.41, 5.74) is 0.270. The van der Waals surface area contributed by atoms with Crippen LogP contribution in [-0.2, 0) is 28.2 Å². The lowest BCUT2D eigenvalue weighted by molar-refractivity contribution is -0.675. The minimum Gasteiger partial charge on any atom is -0.353 e. The van der Waals surface area contributed by atoms with Gasteiger partial charge in [-0.2, -0.15) is 18.3 Å². The average Bonchev–Trinajstić information content (AvgIpc) is 3.11. The number of rotatable bonds is 4. The van der Waals surface area contributed by atoms with Gasteiger partial charge in [0.05, 0.1) is 39.3 Å². The fraction of sp³-hybridized carbons (Fsp3) is 0.222. The molecule has 26 heavy (non-hydrogen) atoms. The Morgan fingerprint density at radius 3 is 1.50 bits per heavy atom. The lowest BCUT2D eigenvalue weighted by Crippen LogP contribution is -2.32. The number of carbonyl (C=O) groups excluding carboxylic acids is 2. The molecule has 8 heteroatoms. The van der Waals surface area contributed by atoms with Crippen LogP contribution in [-0.4, -0.2) is 21.1 Å². The summed E-state index contributed by atoms with van der Waals surface area (Å²) in [5, 5.41) is 0. The molecule has 134 valence electrons. The fourth-order valence-corrected chi connectivity index (χ4v) is 2.56. The summed E-state index contributed by atoms with van der Waals surface area (Å²) in [6.07, 6.45) is 7.05. The van der Waals surface area contributed by atoms with Crippen LogP contribution in [0.2, 0.25) is 0 Å². The highest BCUT2D eigenvalue weighted by Crippen LogP contribution is 2.15. The topological polar surface area (TPSA) is 70.2 Å². The van der Waals surface area contributed by atoms with E-state index in [1.165, 1.54) is 12.1 Å². The molecular formula is C18H20N4O4+2. The third-order valence-electron chi connectivity index (χ3n) is 3.97. The van der Waals surface area contributed by atoms with Gasteiger partial charge < -0.3 is 9.47 Å². The standard InChI is InChI=1S/C18H20N4O4/c1-19-9-10-20(2)17(19)25-15(23)13-7-5-6-8-14(13)16(24)26-18-21(3)11-12-22(18)4/h5-12H,1-4H3/q+2. The van der Waals surface area contributed by atoms with Crippen LogP contribution in [0.4, 0.5) is 0 Å². The Labute approximate surface area is 150 Å². The number of aromatic nitrogens is 4. The molecule has 0 fully saturated rings. The molecule has 0 spiro atoms. The van der Waals surface area contributed by atoms with Crippen molar-refractivity contribution in [3.05, 3.63) is 60.2 Å². The molecule has 2 aromatic heterocycles. The Kier molecular flexibility index (Phi) is 4.57. The molecule has 0 saturated heterocycles. The van der Waals surface area contributed by atoms with Crippen molar-refractivity contribution in [2.24, 2.45) is 28.2 Å². The molecule has 0 aliphatic rings. The van der Waals surface area contributed by atoms with E-state index in [1.54, 1.807) is 83.4 Å². The summed E-state index contributed by atoms with van der Waals surface area (Å²) >= 11 is 0. The van der Waals surface area contributed by atoms with E-state index in [4.69, 9.17) is 9.47 Å². The van der Waals surface area contributed by atoms with E-state index in [0.717, 1.165) is 0 Å². The average molecular weight is 356 g/mol. The van der Waals surface area contributed by atoms with E-state index in [1.807, 2.05) is 0 Å². The molecule has 3 aromatic rings. The number of ether oxygens (including phenoxy) is 2. The molecule has 1 aromatic carbocycles. The smallest absolute Gasteiger partial charge is 0.353 e. The van der Waals surface area contributed by atoms with Crippen molar-refractivity contribution >= 4 is 11.9 Å². The number of nitrogens with zero attached hydrogens (tertiary/aromatic N) is 4. The molecule has 0 saturated carbocycles. The van der Waals surface area contributed by atoms with Crippen molar-refractivity contribution in [1.29, 1.82) is 0 Å². The molecule has 8 nitrogen and oxygen atoms in total. The van der Waals surface area contributed by atoms with Gasteiger partial charge in [-0.25, -0.2) is 9.59 Å². The summed E-state index contributed by atoms with van der Waals surface area (Å²) in [5.74, 6) is -1.27. The monoisotopic (exact) mass is 356 g/mol. The highest BCUT2D eigenvalue weighted by Gasteiger charge is 2.26. The second-order valence-corrected chi connectivity index (χ2v) is 5.93. The zero-order valence-corrected chi connectivity index (χ0v) is 15.0. The normalized spacial score (nSPS) is 10.6. The SMILES string of the molecule is Cn1cc[n+](C)c1OC(=O)c1ccccc1C(=O)Oc1n(C)cc[n+]1C. The Morgan fingerprint density at radius 1 is 0.808 bits per heavy atom. The number of carbonyl (C=O) groups is 2. The first-order chi connectivity index (χ1) is 12.4. The molecule has 0 radical (unpaired) electrons. The molecule has 0 amide bonds. The molecule has 3 rings (SSSR count). The van der Waals surface area contributed by atoms with Crippen molar-refractivity contribution in [3.8, 4) is 12.0 Å². The summed E-state index contributed by atoms with van der Waals surface area (Å²) < 4.78 is 17.6. The first-order valence-electron chi connectivity index (χ1n) is 7.93. The Hall–Kier alpha value is -3.42. The predicted molar refractivity (Wildman–Crippen MR) is 89.5 cm³/mol. The van der Waals surface area contributed by atoms with E-state index in [0.29, 0.717) is 12.0 Å². The highest BCUT2D eigenvalue weighted by atomic mass is 16.6. The number of esters is 2. The Bertz CT molecular complexity index is 869. The van der Waals surface area contributed by atoms with Crippen LogP contribution in [0.15, 0.2) is 49.1 Å². The first-order valence-corrected chi connectivity index (χ1v) is 7.93. The maximum Gasteiger partial charge on any atom is 0.463 e. The quantitative estimate of drug-likeness (QED) is 0.503. The number of aryl methyl sites for hydroxylation is 4. The van der Waals surface area contributed by atoms with Gasteiger partial charge in [-0.05, 0) is 12.1 Å². The van der Waals surface area contributed by atoms with E-state index in [2.05, 4.69) is 0 Å². The van der Waals surface area contributed by atoms with Crippen molar-refractivity contribution in [3.63, 3.8) is 0 Å². The van der Waals surface area contributed by atoms with E-state index >= 15 is 0 Å². The summed E-state index contributed by atoms with van der Waals surface area (Å²) in [6.45, 7) is 0. The third-order valence-corrected chi connectivity index (χ3v) is 3.97. The highest BCUT2D eigenvalue weighted by molar-refractivity contribution is 6.04. The molecule has 0 N–H and O–H groups in total. The summed E-state index contributed by atoms with van der Waals surface area (Å²) in [6, 6.07) is 7.11. The van der Waals surface area contributed by atoms with Crippen LogP contribution in [0.3, 0.4) is 0 Å². The van der Waals surface area contributed by atoms with E-state index < -0.39 is 11.9 Å². The predicted octanol–water partition coefficient (Wildman–Crippen LogP) is 0.451. The van der Waals surface area contributed by atoms with Gasteiger partial charge in [0.25, 0.3) is 0 Å². The maximum atomic E-state index is 12.6.